The number of rotatable bonds is 5. The van der Waals surface area contributed by atoms with Crippen molar-refractivity contribution in [2.45, 2.75) is 5.16 Å². The van der Waals surface area contributed by atoms with Crippen LogP contribution >= 0.6 is 23.4 Å². The third kappa shape index (κ3) is 3.21. The Bertz CT molecular complexity index is 600. The Balaban J connectivity index is 2.29. The molecule has 0 radical (unpaired) electrons. The first kappa shape index (κ1) is 13.8. The van der Waals surface area contributed by atoms with Crippen LogP contribution < -0.4 is 4.74 Å². The van der Waals surface area contributed by atoms with Crippen molar-refractivity contribution in [3.63, 3.8) is 0 Å². The first-order chi connectivity index (χ1) is 9.11. The molecule has 7 heteroatoms. The lowest BCUT2D eigenvalue weighted by Crippen LogP contribution is -2.01. The molecule has 1 N–H and O–H groups in total. The van der Waals surface area contributed by atoms with E-state index in [2.05, 4.69) is 4.98 Å². The van der Waals surface area contributed by atoms with Crippen molar-refractivity contribution in [3.05, 3.63) is 35.6 Å². The number of aliphatic carboxylic acids is 1. The number of imidazole rings is 1. The van der Waals surface area contributed by atoms with Crippen LogP contribution in [-0.4, -0.2) is 33.5 Å². The minimum atomic E-state index is -0.882. The number of carboxylic acids is 1. The molecule has 0 aliphatic carbocycles. The summed E-state index contributed by atoms with van der Waals surface area (Å²) >= 11 is 7.22. The molecule has 0 aliphatic heterocycles. The van der Waals surface area contributed by atoms with Crippen LogP contribution in [-0.2, 0) is 4.79 Å². The molecule has 0 unspecified atom stereocenters. The van der Waals surface area contributed by atoms with Crippen molar-refractivity contribution in [1.82, 2.24) is 9.55 Å². The summed E-state index contributed by atoms with van der Waals surface area (Å²) in [4.78, 5) is 14.7. The summed E-state index contributed by atoms with van der Waals surface area (Å²) in [7, 11) is 1.55. The number of ether oxygens (including phenoxy) is 1. The van der Waals surface area contributed by atoms with Gasteiger partial charge in [-0.15, -0.1) is 0 Å². The summed E-state index contributed by atoms with van der Waals surface area (Å²) in [5.41, 5.74) is 0.802. The topological polar surface area (TPSA) is 64.4 Å². The van der Waals surface area contributed by atoms with Crippen molar-refractivity contribution in [3.8, 4) is 11.4 Å². The maximum Gasteiger partial charge on any atom is 0.313 e. The minimum Gasteiger partial charge on any atom is -0.495 e. The summed E-state index contributed by atoms with van der Waals surface area (Å²) in [6.45, 7) is 0. The number of thioether (sulfide) groups is 1. The van der Waals surface area contributed by atoms with E-state index in [1.165, 1.54) is 0 Å². The van der Waals surface area contributed by atoms with Crippen LogP contribution in [0.2, 0.25) is 5.02 Å². The molecular weight excluding hydrogens is 288 g/mol. The number of hydrogen-bond donors (Lipinski definition) is 1. The van der Waals surface area contributed by atoms with E-state index in [0.717, 1.165) is 17.4 Å². The van der Waals surface area contributed by atoms with Crippen LogP contribution in [0, 0.1) is 0 Å². The number of aromatic nitrogens is 2. The smallest absolute Gasteiger partial charge is 0.313 e. The van der Waals surface area contributed by atoms with Crippen LogP contribution in [0.15, 0.2) is 35.7 Å². The van der Waals surface area contributed by atoms with E-state index in [1.54, 1.807) is 36.2 Å². The van der Waals surface area contributed by atoms with Gasteiger partial charge in [-0.25, -0.2) is 4.98 Å². The molecule has 0 saturated carbocycles. The van der Waals surface area contributed by atoms with Crippen LogP contribution in [0.5, 0.6) is 5.75 Å². The molecule has 1 aromatic carbocycles. The van der Waals surface area contributed by atoms with Gasteiger partial charge in [-0.2, -0.15) is 0 Å². The third-order valence-corrected chi connectivity index (χ3v) is 3.59. The fourth-order valence-electron chi connectivity index (χ4n) is 1.52. The zero-order valence-electron chi connectivity index (χ0n) is 10.0. The van der Waals surface area contributed by atoms with E-state index in [4.69, 9.17) is 21.4 Å². The SMILES string of the molecule is COc1ccc(-n2ccnc2SCC(=O)O)cc1Cl. The van der Waals surface area contributed by atoms with Gasteiger partial charge in [-0.3, -0.25) is 9.36 Å². The Labute approximate surface area is 119 Å². The summed E-state index contributed by atoms with van der Waals surface area (Å²) in [5, 5.41) is 9.78. The van der Waals surface area contributed by atoms with Crippen molar-refractivity contribution < 1.29 is 14.6 Å². The van der Waals surface area contributed by atoms with E-state index in [9.17, 15) is 4.79 Å². The highest BCUT2D eigenvalue weighted by atomic mass is 35.5. The summed E-state index contributed by atoms with van der Waals surface area (Å²) in [6, 6.07) is 5.33. The highest BCUT2D eigenvalue weighted by molar-refractivity contribution is 7.99. The number of benzene rings is 1. The van der Waals surface area contributed by atoms with Gasteiger partial charge in [0.05, 0.1) is 17.9 Å². The van der Waals surface area contributed by atoms with Gasteiger partial charge in [-0.1, -0.05) is 23.4 Å². The molecule has 100 valence electrons. The molecule has 0 amide bonds. The molecule has 0 spiro atoms. The second kappa shape index (κ2) is 5.99. The Morgan fingerprint density at radius 2 is 2.37 bits per heavy atom. The highest BCUT2D eigenvalue weighted by Gasteiger charge is 2.09. The lowest BCUT2D eigenvalue weighted by Gasteiger charge is -2.09. The number of carboxylic acid groups (broad SMARTS) is 1. The van der Waals surface area contributed by atoms with Gasteiger partial charge < -0.3 is 9.84 Å². The average molecular weight is 299 g/mol. The maximum absolute atomic E-state index is 10.6. The molecule has 0 saturated heterocycles. The van der Waals surface area contributed by atoms with Gasteiger partial charge in [-0.05, 0) is 18.2 Å². The summed E-state index contributed by atoms with van der Waals surface area (Å²) < 4.78 is 6.86. The second-order valence-corrected chi connectivity index (χ2v) is 4.93. The zero-order valence-corrected chi connectivity index (χ0v) is 11.6. The van der Waals surface area contributed by atoms with Crippen molar-refractivity contribution in [2.75, 3.05) is 12.9 Å². The number of carbonyl (C=O) groups is 1. The minimum absolute atomic E-state index is 0.0408. The quantitative estimate of drug-likeness (QED) is 0.860. The fraction of sp³-hybridized carbons (Fsp3) is 0.167. The van der Waals surface area contributed by atoms with Crippen LogP contribution in [0.25, 0.3) is 5.69 Å². The van der Waals surface area contributed by atoms with Crippen LogP contribution in [0.3, 0.4) is 0 Å². The maximum atomic E-state index is 10.6. The molecule has 2 rings (SSSR count). The Morgan fingerprint density at radius 3 is 3.00 bits per heavy atom. The molecule has 1 heterocycles. The van der Waals surface area contributed by atoms with Crippen molar-refractivity contribution in [2.24, 2.45) is 0 Å². The molecule has 0 aliphatic rings. The van der Waals surface area contributed by atoms with Gasteiger partial charge in [0.2, 0.25) is 0 Å². The van der Waals surface area contributed by atoms with Gasteiger partial charge in [0.25, 0.3) is 0 Å². The molecule has 0 fully saturated rings. The average Bonchev–Trinajstić information content (AvgIpc) is 2.84. The lowest BCUT2D eigenvalue weighted by molar-refractivity contribution is -0.133. The van der Waals surface area contributed by atoms with Crippen LogP contribution in [0.1, 0.15) is 0 Å². The van der Waals surface area contributed by atoms with E-state index < -0.39 is 5.97 Å². The van der Waals surface area contributed by atoms with E-state index in [1.807, 2.05) is 6.07 Å². The summed E-state index contributed by atoms with van der Waals surface area (Å²) in [6.07, 6.45) is 3.37. The monoisotopic (exact) mass is 298 g/mol. The molecule has 0 bridgehead atoms. The van der Waals surface area contributed by atoms with Gasteiger partial charge in [0.15, 0.2) is 5.16 Å². The predicted molar refractivity (Wildman–Crippen MR) is 73.5 cm³/mol. The first-order valence-electron chi connectivity index (χ1n) is 5.33. The van der Waals surface area contributed by atoms with Gasteiger partial charge in [0.1, 0.15) is 5.75 Å². The number of nitrogens with zero attached hydrogens (tertiary/aromatic N) is 2. The highest BCUT2D eigenvalue weighted by Crippen LogP contribution is 2.28. The number of halogens is 1. The summed E-state index contributed by atoms with van der Waals surface area (Å²) in [5.74, 6) is -0.335. The largest absolute Gasteiger partial charge is 0.495 e. The molecule has 0 atom stereocenters. The normalized spacial score (nSPS) is 10.4. The van der Waals surface area contributed by atoms with E-state index in [0.29, 0.717) is 15.9 Å². The molecule has 1 aromatic heterocycles. The van der Waals surface area contributed by atoms with Gasteiger partial charge >= 0.3 is 5.97 Å². The van der Waals surface area contributed by atoms with Crippen molar-refractivity contribution >= 4 is 29.3 Å². The molecule has 19 heavy (non-hydrogen) atoms. The first-order valence-corrected chi connectivity index (χ1v) is 6.70. The molecule has 2 aromatic rings. The fourth-order valence-corrected chi connectivity index (χ4v) is 2.47. The number of methoxy groups -OCH3 is 1. The van der Waals surface area contributed by atoms with Gasteiger partial charge in [0, 0.05) is 18.1 Å². The van der Waals surface area contributed by atoms with E-state index >= 15 is 0 Å². The van der Waals surface area contributed by atoms with Crippen LogP contribution in [0.4, 0.5) is 0 Å². The Morgan fingerprint density at radius 1 is 1.58 bits per heavy atom. The predicted octanol–water partition coefficient (Wildman–Crippen LogP) is 2.71. The second-order valence-electron chi connectivity index (χ2n) is 3.58. The zero-order chi connectivity index (χ0) is 13.8. The Hall–Kier alpha value is -1.66. The molecule has 5 nitrogen and oxygen atoms in total. The standard InChI is InChI=1S/C12H11ClN2O3S/c1-18-10-3-2-8(6-9(10)13)15-5-4-14-12(15)19-7-11(16)17/h2-6H,7H2,1H3,(H,16,17). The lowest BCUT2D eigenvalue weighted by atomic mass is 10.3. The van der Waals surface area contributed by atoms with E-state index in [-0.39, 0.29) is 5.75 Å². The molecular formula is C12H11ClN2O3S. The third-order valence-electron chi connectivity index (χ3n) is 2.35. The Kier molecular flexibility index (Phi) is 4.34. The van der Waals surface area contributed by atoms with Crippen molar-refractivity contribution in [1.29, 1.82) is 0 Å². The number of hydrogen-bond acceptors (Lipinski definition) is 4.